The molecule has 0 saturated carbocycles. The maximum Gasteiger partial charge on any atom is 0.263 e. The van der Waals surface area contributed by atoms with E-state index in [-0.39, 0.29) is 11.9 Å². The van der Waals surface area contributed by atoms with Crippen molar-refractivity contribution < 1.29 is 4.79 Å². The number of hydrogen-bond acceptors (Lipinski definition) is 3. The van der Waals surface area contributed by atoms with Crippen molar-refractivity contribution in [3.63, 3.8) is 0 Å². The number of allylic oxidation sites excluding steroid dienone is 1. The second-order valence-electron chi connectivity index (χ2n) is 5.84. The molecule has 1 atom stereocenters. The number of amides is 1. The lowest BCUT2D eigenvalue weighted by Gasteiger charge is -2.20. The first-order valence-corrected chi connectivity index (χ1v) is 8.27. The molecule has 4 heteroatoms. The molecule has 1 aromatic heterocycles. The molecule has 1 aliphatic rings. The molecule has 20 heavy (non-hydrogen) atoms. The fraction of sp³-hybridized carbons (Fsp3) is 0.625. The van der Waals surface area contributed by atoms with Crippen molar-refractivity contribution in [1.29, 1.82) is 0 Å². The Labute approximate surface area is 125 Å². The number of thiazole rings is 1. The molecule has 0 spiro atoms. The van der Waals surface area contributed by atoms with Crippen molar-refractivity contribution in [2.75, 3.05) is 0 Å². The number of rotatable bonds is 4. The van der Waals surface area contributed by atoms with Gasteiger partial charge in [-0.15, -0.1) is 11.3 Å². The SMILES string of the molecule is Cc1nc(C(C)C)sc1C(=O)N[C@H](C)C1=CCCCC1. The molecule has 1 amide bonds. The first kappa shape index (κ1) is 15.2. The fourth-order valence-corrected chi connectivity index (χ4v) is 3.46. The Morgan fingerprint density at radius 2 is 2.10 bits per heavy atom. The van der Waals surface area contributed by atoms with Crippen LogP contribution in [0.15, 0.2) is 11.6 Å². The van der Waals surface area contributed by atoms with Crippen molar-refractivity contribution in [3.8, 4) is 0 Å². The maximum absolute atomic E-state index is 12.4. The Bertz CT molecular complexity index is 517. The minimum atomic E-state index is 0.0193. The van der Waals surface area contributed by atoms with Crippen LogP contribution in [0.2, 0.25) is 0 Å². The average molecular weight is 292 g/mol. The summed E-state index contributed by atoms with van der Waals surface area (Å²) in [6.45, 7) is 8.21. The van der Waals surface area contributed by atoms with Gasteiger partial charge < -0.3 is 5.32 Å². The van der Waals surface area contributed by atoms with Crippen LogP contribution < -0.4 is 5.32 Å². The van der Waals surface area contributed by atoms with Gasteiger partial charge in [0.25, 0.3) is 5.91 Å². The predicted octanol–water partition coefficient (Wildman–Crippen LogP) is 4.19. The zero-order valence-corrected chi connectivity index (χ0v) is 13.6. The molecule has 1 aliphatic carbocycles. The van der Waals surface area contributed by atoms with Gasteiger partial charge in [-0.3, -0.25) is 4.79 Å². The Morgan fingerprint density at radius 3 is 2.65 bits per heavy atom. The van der Waals surface area contributed by atoms with E-state index < -0.39 is 0 Å². The van der Waals surface area contributed by atoms with Gasteiger partial charge in [-0.05, 0) is 39.5 Å². The summed E-state index contributed by atoms with van der Waals surface area (Å²) < 4.78 is 0. The van der Waals surface area contributed by atoms with Gasteiger partial charge in [0, 0.05) is 12.0 Å². The molecule has 0 unspecified atom stereocenters. The summed E-state index contributed by atoms with van der Waals surface area (Å²) in [5.74, 6) is 0.393. The Kier molecular flexibility index (Phi) is 4.97. The van der Waals surface area contributed by atoms with E-state index in [4.69, 9.17) is 0 Å². The maximum atomic E-state index is 12.4. The molecule has 0 saturated heterocycles. The monoisotopic (exact) mass is 292 g/mol. The highest BCUT2D eigenvalue weighted by molar-refractivity contribution is 7.13. The van der Waals surface area contributed by atoms with Crippen LogP contribution in [0.5, 0.6) is 0 Å². The molecular formula is C16H24N2OS. The second kappa shape index (κ2) is 6.53. The van der Waals surface area contributed by atoms with Crippen molar-refractivity contribution >= 4 is 17.2 Å². The number of nitrogens with one attached hydrogen (secondary N) is 1. The van der Waals surface area contributed by atoms with Gasteiger partial charge in [-0.1, -0.05) is 25.5 Å². The number of hydrogen-bond donors (Lipinski definition) is 1. The Morgan fingerprint density at radius 1 is 1.35 bits per heavy atom. The molecule has 0 bridgehead atoms. The van der Waals surface area contributed by atoms with Crippen LogP contribution in [0.25, 0.3) is 0 Å². The lowest BCUT2D eigenvalue weighted by atomic mass is 9.95. The summed E-state index contributed by atoms with van der Waals surface area (Å²) >= 11 is 1.52. The van der Waals surface area contributed by atoms with Gasteiger partial charge in [-0.2, -0.15) is 0 Å². The van der Waals surface area contributed by atoms with Crippen molar-refractivity contribution in [2.45, 2.75) is 65.3 Å². The van der Waals surface area contributed by atoms with Crippen molar-refractivity contribution in [2.24, 2.45) is 0 Å². The predicted molar refractivity (Wildman–Crippen MR) is 84.4 cm³/mol. The number of aromatic nitrogens is 1. The van der Waals surface area contributed by atoms with E-state index in [9.17, 15) is 4.79 Å². The molecule has 1 heterocycles. The van der Waals surface area contributed by atoms with Gasteiger partial charge in [0.15, 0.2) is 0 Å². The third-order valence-corrected chi connectivity index (χ3v) is 5.20. The summed E-state index contributed by atoms with van der Waals surface area (Å²) in [5, 5.41) is 4.16. The topological polar surface area (TPSA) is 42.0 Å². The van der Waals surface area contributed by atoms with Crippen LogP contribution >= 0.6 is 11.3 Å². The van der Waals surface area contributed by atoms with Crippen molar-refractivity contribution in [1.82, 2.24) is 10.3 Å². The van der Waals surface area contributed by atoms with Gasteiger partial charge in [0.05, 0.1) is 10.7 Å². The van der Waals surface area contributed by atoms with E-state index in [2.05, 4.69) is 37.1 Å². The number of aryl methyl sites for hydroxylation is 1. The summed E-state index contributed by atoms with van der Waals surface area (Å²) in [6, 6.07) is 0.131. The summed E-state index contributed by atoms with van der Waals surface area (Å²) in [5.41, 5.74) is 2.22. The van der Waals surface area contributed by atoms with E-state index >= 15 is 0 Å². The first-order valence-electron chi connectivity index (χ1n) is 7.46. The van der Waals surface area contributed by atoms with E-state index in [0.29, 0.717) is 5.92 Å². The normalized spacial score (nSPS) is 16.9. The largest absolute Gasteiger partial charge is 0.345 e. The number of carbonyl (C=O) groups is 1. The second-order valence-corrected chi connectivity index (χ2v) is 6.87. The van der Waals surface area contributed by atoms with Crippen LogP contribution in [-0.4, -0.2) is 16.9 Å². The third-order valence-electron chi connectivity index (χ3n) is 3.74. The zero-order valence-electron chi connectivity index (χ0n) is 12.8. The van der Waals surface area contributed by atoms with Gasteiger partial charge in [0.1, 0.15) is 4.88 Å². The summed E-state index contributed by atoms with van der Waals surface area (Å²) in [4.78, 5) is 17.6. The Balaban J connectivity index is 2.06. The molecule has 0 fully saturated rings. The minimum Gasteiger partial charge on any atom is -0.345 e. The highest BCUT2D eigenvalue weighted by atomic mass is 32.1. The minimum absolute atomic E-state index is 0.0193. The molecule has 3 nitrogen and oxygen atoms in total. The smallest absolute Gasteiger partial charge is 0.263 e. The molecule has 1 aromatic rings. The highest BCUT2D eigenvalue weighted by Gasteiger charge is 2.20. The highest BCUT2D eigenvalue weighted by Crippen LogP contribution is 2.25. The average Bonchev–Trinajstić information content (AvgIpc) is 2.82. The molecule has 1 N–H and O–H groups in total. The molecule has 110 valence electrons. The van der Waals surface area contributed by atoms with Gasteiger partial charge in [0.2, 0.25) is 0 Å². The summed E-state index contributed by atoms with van der Waals surface area (Å²) in [6.07, 6.45) is 7.06. The lowest BCUT2D eigenvalue weighted by Crippen LogP contribution is -2.34. The number of nitrogens with zero attached hydrogens (tertiary/aromatic N) is 1. The van der Waals surface area contributed by atoms with E-state index in [1.165, 1.54) is 29.8 Å². The van der Waals surface area contributed by atoms with E-state index in [1.54, 1.807) is 0 Å². The van der Waals surface area contributed by atoms with Crippen LogP contribution in [0.3, 0.4) is 0 Å². The molecule has 2 rings (SSSR count). The standard InChI is InChI=1S/C16H24N2OS/c1-10(2)16-18-12(4)14(20-16)15(19)17-11(3)13-8-6-5-7-9-13/h8,10-11H,5-7,9H2,1-4H3,(H,17,19)/t11-/m1/s1. The van der Waals surface area contributed by atoms with Gasteiger partial charge in [-0.25, -0.2) is 4.98 Å². The molecule has 0 radical (unpaired) electrons. The quantitative estimate of drug-likeness (QED) is 0.845. The molecule has 0 aliphatic heterocycles. The van der Waals surface area contributed by atoms with Crippen molar-refractivity contribution in [3.05, 3.63) is 27.2 Å². The summed E-state index contributed by atoms with van der Waals surface area (Å²) in [7, 11) is 0. The zero-order chi connectivity index (χ0) is 14.7. The third kappa shape index (κ3) is 3.48. The van der Waals surface area contributed by atoms with E-state index in [1.807, 2.05) is 6.92 Å². The molecular weight excluding hydrogens is 268 g/mol. The van der Waals surface area contributed by atoms with E-state index in [0.717, 1.165) is 28.4 Å². The van der Waals surface area contributed by atoms with Crippen LogP contribution in [0.4, 0.5) is 0 Å². The Hall–Kier alpha value is -1.16. The van der Waals surface area contributed by atoms with Crippen LogP contribution in [0, 0.1) is 6.92 Å². The van der Waals surface area contributed by atoms with Crippen LogP contribution in [-0.2, 0) is 0 Å². The van der Waals surface area contributed by atoms with Gasteiger partial charge >= 0.3 is 0 Å². The fourth-order valence-electron chi connectivity index (χ4n) is 2.49. The molecule has 0 aromatic carbocycles. The lowest BCUT2D eigenvalue weighted by molar-refractivity contribution is 0.0948. The number of carbonyl (C=O) groups excluding carboxylic acids is 1. The first-order chi connectivity index (χ1) is 9.49. The van der Waals surface area contributed by atoms with Crippen LogP contribution in [0.1, 0.15) is 72.7 Å².